The van der Waals surface area contributed by atoms with Crippen molar-refractivity contribution in [3.05, 3.63) is 17.0 Å². The van der Waals surface area contributed by atoms with Crippen LogP contribution in [0.3, 0.4) is 0 Å². The summed E-state index contributed by atoms with van der Waals surface area (Å²) in [7, 11) is 1.34. The molecule has 0 saturated carbocycles. The lowest BCUT2D eigenvalue weighted by molar-refractivity contribution is -0.117. The SMILES string of the molecule is COC(=O)c1ccsc1N1CCCC1=O. The van der Waals surface area contributed by atoms with Gasteiger partial charge in [0.1, 0.15) is 5.00 Å². The van der Waals surface area contributed by atoms with Crippen LogP contribution in [0.4, 0.5) is 5.00 Å². The van der Waals surface area contributed by atoms with E-state index in [1.54, 1.807) is 16.3 Å². The Labute approximate surface area is 91.5 Å². The average Bonchev–Trinajstić information content (AvgIpc) is 2.84. The highest BCUT2D eigenvalue weighted by molar-refractivity contribution is 7.14. The molecule has 80 valence electrons. The van der Waals surface area contributed by atoms with Crippen molar-refractivity contribution in [1.82, 2.24) is 0 Å². The summed E-state index contributed by atoms with van der Waals surface area (Å²) in [5.41, 5.74) is 0.484. The van der Waals surface area contributed by atoms with E-state index in [2.05, 4.69) is 4.74 Å². The number of amides is 1. The Bertz CT molecular complexity index is 399. The number of rotatable bonds is 2. The van der Waals surface area contributed by atoms with Gasteiger partial charge in [0.25, 0.3) is 0 Å². The van der Waals surface area contributed by atoms with Crippen LogP contribution in [-0.2, 0) is 9.53 Å². The Balaban J connectivity index is 2.32. The third kappa shape index (κ3) is 1.74. The molecule has 0 aliphatic carbocycles. The number of anilines is 1. The number of methoxy groups -OCH3 is 1. The van der Waals surface area contributed by atoms with Crippen molar-refractivity contribution in [3.8, 4) is 0 Å². The van der Waals surface area contributed by atoms with Gasteiger partial charge >= 0.3 is 5.97 Å². The van der Waals surface area contributed by atoms with Crippen molar-refractivity contribution < 1.29 is 14.3 Å². The predicted molar refractivity (Wildman–Crippen MR) is 57.2 cm³/mol. The van der Waals surface area contributed by atoms with Gasteiger partial charge < -0.3 is 9.64 Å². The highest BCUT2D eigenvalue weighted by Gasteiger charge is 2.27. The van der Waals surface area contributed by atoms with Crippen molar-refractivity contribution in [1.29, 1.82) is 0 Å². The summed E-state index contributed by atoms with van der Waals surface area (Å²) in [4.78, 5) is 24.6. The minimum Gasteiger partial charge on any atom is -0.465 e. The number of hydrogen-bond donors (Lipinski definition) is 0. The highest BCUT2D eigenvalue weighted by Crippen LogP contribution is 2.31. The van der Waals surface area contributed by atoms with E-state index in [1.807, 2.05) is 0 Å². The van der Waals surface area contributed by atoms with Gasteiger partial charge in [-0.05, 0) is 17.9 Å². The molecular weight excluding hydrogens is 214 g/mol. The first kappa shape index (κ1) is 10.2. The molecule has 1 saturated heterocycles. The van der Waals surface area contributed by atoms with E-state index in [9.17, 15) is 9.59 Å². The summed E-state index contributed by atoms with van der Waals surface area (Å²) in [6.07, 6.45) is 1.43. The molecule has 0 unspecified atom stereocenters. The molecule has 0 atom stereocenters. The van der Waals surface area contributed by atoms with E-state index in [0.29, 0.717) is 23.5 Å². The van der Waals surface area contributed by atoms with Crippen LogP contribution >= 0.6 is 11.3 Å². The number of thiophene rings is 1. The first-order valence-corrected chi connectivity index (χ1v) is 5.58. The van der Waals surface area contributed by atoms with Crippen LogP contribution in [0.2, 0.25) is 0 Å². The second-order valence-corrected chi connectivity index (χ2v) is 4.17. The van der Waals surface area contributed by atoms with E-state index >= 15 is 0 Å². The molecule has 15 heavy (non-hydrogen) atoms. The summed E-state index contributed by atoms with van der Waals surface area (Å²) in [5, 5.41) is 2.51. The molecule has 1 aromatic heterocycles. The number of carbonyl (C=O) groups excluding carboxylic acids is 2. The van der Waals surface area contributed by atoms with Gasteiger partial charge in [0, 0.05) is 13.0 Å². The molecule has 0 bridgehead atoms. The molecule has 0 aromatic carbocycles. The zero-order valence-corrected chi connectivity index (χ0v) is 9.17. The second-order valence-electron chi connectivity index (χ2n) is 3.28. The molecule has 0 spiro atoms. The lowest BCUT2D eigenvalue weighted by Crippen LogP contribution is -2.24. The molecule has 4 nitrogen and oxygen atoms in total. The molecule has 2 rings (SSSR count). The molecular formula is C10H11NO3S. The summed E-state index contributed by atoms with van der Waals surface area (Å²) in [6.45, 7) is 0.698. The Morgan fingerprint density at radius 1 is 1.60 bits per heavy atom. The first-order valence-electron chi connectivity index (χ1n) is 4.70. The quantitative estimate of drug-likeness (QED) is 0.719. The average molecular weight is 225 g/mol. The summed E-state index contributed by atoms with van der Waals surface area (Å²) in [6, 6.07) is 1.69. The standard InChI is InChI=1S/C10H11NO3S/c1-14-10(13)7-4-6-15-9(7)11-5-2-3-8(11)12/h4,6H,2-3,5H2,1H3. The molecule has 0 radical (unpaired) electrons. The summed E-state index contributed by atoms with van der Waals surface area (Å²) >= 11 is 1.40. The van der Waals surface area contributed by atoms with Gasteiger partial charge in [0.15, 0.2) is 0 Å². The molecule has 2 heterocycles. The minimum absolute atomic E-state index is 0.0857. The Morgan fingerprint density at radius 3 is 3.00 bits per heavy atom. The van der Waals surface area contributed by atoms with Gasteiger partial charge in [0.2, 0.25) is 5.91 Å². The third-order valence-corrected chi connectivity index (χ3v) is 3.30. The Hall–Kier alpha value is -1.36. The van der Waals surface area contributed by atoms with Crippen molar-refractivity contribution >= 4 is 28.2 Å². The summed E-state index contributed by atoms with van der Waals surface area (Å²) < 4.78 is 4.66. The monoisotopic (exact) mass is 225 g/mol. The number of hydrogen-bond acceptors (Lipinski definition) is 4. The fourth-order valence-corrected chi connectivity index (χ4v) is 2.57. The van der Waals surface area contributed by atoms with E-state index < -0.39 is 0 Å². The van der Waals surface area contributed by atoms with Crippen LogP contribution in [0.1, 0.15) is 23.2 Å². The number of carbonyl (C=O) groups is 2. The van der Waals surface area contributed by atoms with E-state index in [0.717, 1.165) is 6.42 Å². The highest BCUT2D eigenvalue weighted by atomic mass is 32.1. The normalized spacial score (nSPS) is 15.8. The van der Waals surface area contributed by atoms with Crippen LogP contribution in [-0.4, -0.2) is 25.5 Å². The Kier molecular flexibility index (Phi) is 2.73. The molecule has 1 aliphatic heterocycles. The van der Waals surface area contributed by atoms with Gasteiger partial charge in [-0.3, -0.25) is 4.79 Å². The molecule has 1 fully saturated rings. The minimum atomic E-state index is -0.383. The number of ether oxygens (including phenoxy) is 1. The second kappa shape index (κ2) is 4.02. The van der Waals surface area contributed by atoms with Crippen molar-refractivity contribution in [2.75, 3.05) is 18.6 Å². The first-order chi connectivity index (χ1) is 7.24. The van der Waals surface area contributed by atoms with Gasteiger partial charge in [-0.1, -0.05) is 0 Å². The van der Waals surface area contributed by atoms with Crippen LogP contribution in [0, 0.1) is 0 Å². The zero-order valence-electron chi connectivity index (χ0n) is 8.36. The summed E-state index contributed by atoms with van der Waals surface area (Å²) in [5.74, 6) is -0.298. The van der Waals surface area contributed by atoms with Crippen molar-refractivity contribution in [2.24, 2.45) is 0 Å². The number of esters is 1. The van der Waals surface area contributed by atoms with Gasteiger partial charge in [-0.25, -0.2) is 4.79 Å². The Morgan fingerprint density at radius 2 is 2.40 bits per heavy atom. The molecule has 0 N–H and O–H groups in total. The fourth-order valence-electron chi connectivity index (χ4n) is 1.64. The smallest absolute Gasteiger partial charge is 0.340 e. The zero-order chi connectivity index (χ0) is 10.8. The topological polar surface area (TPSA) is 46.6 Å². The molecule has 1 aliphatic rings. The van der Waals surface area contributed by atoms with Gasteiger partial charge in [-0.15, -0.1) is 11.3 Å². The molecule has 1 amide bonds. The maximum absolute atomic E-state index is 11.5. The largest absolute Gasteiger partial charge is 0.465 e. The number of nitrogens with zero attached hydrogens (tertiary/aromatic N) is 1. The maximum Gasteiger partial charge on any atom is 0.340 e. The van der Waals surface area contributed by atoms with Gasteiger partial charge in [0.05, 0.1) is 12.7 Å². The van der Waals surface area contributed by atoms with E-state index in [-0.39, 0.29) is 11.9 Å². The fraction of sp³-hybridized carbons (Fsp3) is 0.400. The van der Waals surface area contributed by atoms with Crippen LogP contribution < -0.4 is 4.90 Å². The maximum atomic E-state index is 11.5. The van der Waals surface area contributed by atoms with Crippen molar-refractivity contribution in [3.63, 3.8) is 0 Å². The predicted octanol–water partition coefficient (Wildman–Crippen LogP) is 1.66. The van der Waals surface area contributed by atoms with E-state index in [1.165, 1.54) is 18.4 Å². The van der Waals surface area contributed by atoms with Gasteiger partial charge in [-0.2, -0.15) is 0 Å². The van der Waals surface area contributed by atoms with Crippen molar-refractivity contribution in [2.45, 2.75) is 12.8 Å². The van der Waals surface area contributed by atoms with E-state index in [4.69, 9.17) is 0 Å². The lowest BCUT2D eigenvalue weighted by Gasteiger charge is -2.14. The lowest BCUT2D eigenvalue weighted by atomic mass is 10.3. The van der Waals surface area contributed by atoms with Crippen LogP contribution in [0.25, 0.3) is 0 Å². The molecule has 5 heteroatoms. The van der Waals surface area contributed by atoms with Crippen LogP contribution in [0.15, 0.2) is 11.4 Å². The van der Waals surface area contributed by atoms with Crippen LogP contribution in [0.5, 0.6) is 0 Å². The molecule has 1 aromatic rings. The third-order valence-electron chi connectivity index (χ3n) is 2.37.